The van der Waals surface area contributed by atoms with Crippen molar-refractivity contribution in [2.45, 2.75) is 26.4 Å². The maximum atomic E-state index is 13.7. The van der Waals surface area contributed by atoms with E-state index in [2.05, 4.69) is 27.3 Å². The van der Waals surface area contributed by atoms with Crippen molar-refractivity contribution in [3.05, 3.63) is 116 Å². The molecule has 5 nitrogen and oxygen atoms in total. The summed E-state index contributed by atoms with van der Waals surface area (Å²) in [5.74, 6) is -0.637. The van der Waals surface area contributed by atoms with Crippen LogP contribution in [0.25, 0.3) is 5.70 Å². The molecule has 0 aromatic heterocycles. The van der Waals surface area contributed by atoms with Gasteiger partial charge < -0.3 is 14.8 Å². The summed E-state index contributed by atoms with van der Waals surface area (Å²) in [5, 5.41) is 3.31. The van der Waals surface area contributed by atoms with E-state index in [4.69, 9.17) is 9.47 Å². The van der Waals surface area contributed by atoms with Crippen molar-refractivity contribution in [3.63, 3.8) is 0 Å². The molecule has 1 atom stereocenters. The number of methoxy groups -OCH3 is 1. The van der Waals surface area contributed by atoms with Crippen LogP contribution >= 0.6 is 15.9 Å². The monoisotopic (exact) mass is 529 g/mol. The highest BCUT2D eigenvalue weighted by Crippen LogP contribution is 2.49. The first-order valence-corrected chi connectivity index (χ1v) is 12.1. The van der Waals surface area contributed by atoms with E-state index in [0.29, 0.717) is 34.8 Å². The molecule has 0 fully saturated rings. The summed E-state index contributed by atoms with van der Waals surface area (Å²) in [5.41, 5.74) is 6.65. The lowest BCUT2D eigenvalue weighted by molar-refractivity contribution is -0.136. The average Bonchev–Trinajstić information content (AvgIpc) is 3.13. The van der Waals surface area contributed by atoms with Gasteiger partial charge in [0.1, 0.15) is 12.4 Å². The van der Waals surface area contributed by atoms with Crippen molar-refractivity contribution in [2.24, 2.45) is 0 Å². The van der Waals surface area contributed by atoms with Crippen LogP contribution in [0.2, 0.25) is 0 Å². The van der Waals surface area contributed by atoms with E-state index in [1.165, 1.54) is 7.11 Å². The lowest BCUT2D eigenvalue weighted by atomic mass is 9.79. The fourth-order valence-electron chi connectivity index (χ4n) is 4.86. The number of aryl methyl sites for hydroxylation is 1. The Kier molecular flexibility index (Phi) is 6.07. The van der Waals surface area contributed by atoms with Crippen molar-refractivity contribution < 1.29 is 19.1 Å². The number of dihydropyridines is 1. The number of ketones is 1. The summed E-state index contributed by atoms with van der Waals surface area (Å²) in [6.45, 7) is 4.23. The van der Waals surface area contributed by atoms with E-state index in [1.807, 2.05) is 74.5 Å². The van der Waals surface area contributed by atoms with Crippen LogP contribution in [0.15, 0.2) is 88.0 Å². The van der Waals surface area contributed by atoms with Gasteiger partial charge in [0.2, 0.25) is 0 Å². The van der Waals surface area contributed by atoms with Crippen LogP contribution in [0.1, 0.15) is 45.5 Å². The Morgan fingerprint density at radius 1 is 1.00 bits per heavy atom. The summed E-state index contributed by atoms with van der Waals surface area (Å²) < 4.78 is 12.3. The van der Waals surface area contributed by atoms with Crippen molar-refractivity contribution in [1.29, 1.82) is 0 Å². The number of carbonyl (C=O) groups excluding carboxylic acids is 2. The second-order valence-corrected chi connectivity index (χ2v) is 9.63. The zero-order valence-corrected chi connectivity index (χ0v) is 21.2. The number of Topliss-reactive ketones (excluding diaryl/α,β-unsaturated/α-hetero) is 1. The Morgan fingerprint density at radius 2 is 1.77 bits per heavy atom. The first kappa shape index (κ1) is 23.1. The molecule has 176 valence electrons. The molecule has 2 aliphatic rings. The fourth-order valence-corrected chi connectivity index (χ4v) is 5.24. The zero-order valence-electron chi connectivity index (χ0n) is 19.6. The molecule has 5 rings (SSSR count). The molecule has 1 N–H and O–H groups in total. The first-order chi connectivity index (χ1) is 16.9. The van der Waals surface area contributed by atoms with Crippen LogP contribution in [-0.2, 0) is 16.1 Å². The summed E-state index contributed by atoms with van der Waals surface area (Å²) in [6.07, 6.45) is 0. The molecule has 1 aliphatic carbocycles. The molecular formula is C29H24BrNO4. The van der Waals surface area contributed by atoms with Gasteiger partial charge in [0.25, 0.3) is 0 Å². The van der Waals surface area contributed by atoms with Gasteiger partial charge in [-0.2, -0.15) is 0 Å². The van der Waals surface area contributed by atoms with Crippen molar-refractivity contribution in [3.8, 4) is 5.75 Å². The molecule has 0 spiro atoms. The highest BCUT2D eigenvalue weighted by Gasteiger charge is 2.43. The number of hydrogen-bond donors (Lipinski definition) is 1. The van der Waals surface area contributed by atoms with Gasteiger partial charge >= 0.3 is 5.97 Å². The second kappa shape index (κ2) is 9.19. The van der Waals surface area contributed by atoms with E-state index in [9.17, 15) is 9.59 Å². The molecule has 3 aromatic rings. The van der Waals surface area contributed by atoms with E-state index < -0.39 is 11.9 Å². The largest absolute Gasteiger partial charge is 0.489 e. The number of fused-ring (bicyclic) bond motifs is 2. The van der Waals surface area contributed by atoms with Gasteiger partial charge in [0.15, 0.2) is 5.78 Å². The highest BCUT2D eigenvalue weighted by molar-refractivity contribution is 9.10. The molecule has 0 bridgehead atoms. The summed E-state index contributed by atoms with van der Waals surface area (Å²) in [7, 11) is 1.35. The van der Waals surface area contributed by atoms with Crippen LogP contribution in [-0.4, -0.2) is 18.9 Å². The Hall–Kier alpha value is -3.64. The molecule has 0 saturated carbocycles. The number of halogens is 1. The minimum absolute atomic E-state index is 0.105. The number of hydrogen-bond acceptors (Lipinski definition) is 5. The predicted molar refractivity (Wildman–Crippen MR) is 138 cm³/mol. The quantitative estimate of drug-likeness (QED) is 0.406. The molecule has 0 saturated heterocycles. The number of ether oxygens (including phenoxy) is 2. The molecule has 6 heteroatoms. The number of nitrogens with one attached hydrogen (secondary N) is 1. The van der Waals surface area contributed by atoms with Gasteiger partial charge in [-0.25, -0.2) is 4.79 Å². The van der Waals surface area contributed by atoms with E-state index in [1.54, 1.807) is 0 Å². The van der Waals surface area contributed by atoms with Crippen LogP contribution in [0.5, 0.6) is 5.75 Å². The maximum Gasteiger partial charge on any atom is 0.336 e. The third-order valence-electron chi connectivity index (χ3n) is 6.41. The summed E-state index contributed by atoms with van der Waals surface area (Å²) in [6, 6.07) is 21.3. The normalized spacial score (nSPS) is 16.6. The summed E-state index contributed by atoms with van der Waals surface area (Å²) in [4.78, 5) is 26.7. The Balaban J connectivity index is 1.65. The molecule has 0 radical (unpaired) electrons. The van der Waals surface area contributed by atoms with Gasteiger partial charge in [-0.1, -0.05) is 70.0 Å². The van der Waals surface area contributed by atoms with Gasteiger partial charge in [0, 0.05) is 32.4 Å². The molecular weight excluding hydrogens is 506 g/mol. The molecule has 35 heavy (non-hydrogen) atoms. The minimum Gasteiger partial charge on any atom is -0.489 e. The highest BCUT2D eigenvalue weighted by atomic mass is 79.9. The smallest absolute Gasteiger partial charge is 0.336 e. The number of allylic oxidation sites excluding steroid dienone is 2. The SMILES string of the molecule is COC(=O)C1=C(C)NC2=C(C(=O)c3ccccc32)[C@H]1c1cc(Br)ccc1OCc1cccc(C)c1. The van der Waals surface area contributed by atoms with Crippen molar-refractivity contribution >= 4 is 33.4 Å². The topological polar surface area (TPSA) is 64.6 Å². The van der Waals surface area contributed by atoms with Gasteiger partial charge in [-0.15, -0.1) is 0 Å². The minimum atomic E-state index is -0.649. The predicted octanol–water partition coefficient (Wildman–Crippen LogP) is 6.08. The standard InChI is InChI=1S/C29H24BrNO4/c1-16-7-6-8-18(13-16)15-35-23-12-11-19(30)14-22(23)25-24(29(33)34-3)17(2)31-27-20-9-4-5-10-21(20)28(32)26(25)27/h4-14,25,31H,15H2,1-3H3/t25-/m0/s1. The van der Waals surface area contributed by atoms with E-state index in [0.717, 1.165) is 32.4 Å². The number of carbonyl (C=O) groups is 2. The van der Waals surface area contributed by atoms with Crippen LogP contribution in [0.3, 0.4) is 0 Å². The van der Waals surface area contributed by atoms with E-state index >= 15 is 0 Å². The molecule has 0 amide bonds. The first-order valence-electron chi connectivity index (χ1n) is 11.3. The van der Waals surface area contributed by atoms with Crippen molar-refractivity contribution in [1.82, 2.24) is 5.32 Å². The summed E-state index contributed by atoms with van der Waals surface area (Å²) >= 11 is 3.57. The Bertz CT molecular complexity index is 1440. The van der Waals surface area contributed by atoms with Crippen LogP contribution in [0, 0.1) is 6.92 Å². The van der Waals surface area contributed by atoms with Gasteiger partial charge in [0.05, 0.1) is 24.3 Å². The third-order valence-corrected chi connectivity index (χ3v) is 6.91. The third kappa shape index (κ3) is 4.08. The molecule has 1 heterocycles. The van der Waals surface area contributed by atoms with E-state index in [-0.39, 0.29) is 5.78 Å². The fraction of sp³-hybridized carbons (Fsp3) is 0.172. The molecule has 0 unspecified atom stereocenters. The zero-order chi connectivity index (χ0) is 24.7. The maximum absolute atomic E-state index is 13.7. The number of benzene rings is 3. The van der Waals surface area contributed by atoms with Crippen LogP contribution in [0.4, 0.5) is 0 Å². The van der Waals surface area contributed by atoms with Crippen LogP contribution < -0.4 is 10.1 Å². The Labute approximate surface area is 212 Å². The Morgan fingerprint density at radius 3 is 2.51 bits per heavy atom. The lowest BCUT2D eigenvalue weighted by Crippen LogP contribution is -2.29. The number of esters is 1. The van der Waals surface area contributed by atoms with Gasteiger partial charge in [-0.3, -0.25) is 4.79 Å². The lowest BCUT2D eigenvalue weighted by Gasteiger charge is -2.30. The van der Waals surface area contributed by atoms with Gasteiger partial charge in [-0.05, 0) is 37.6 Å². The van der Waals surface area contributed by atoms with Crippen molar-refractivity contribution in [2.75, 3.05) is 7.11 Å². The second-order valence-electron chi connectivity index (χ2n) is 8.71. The molecule has 3 aromatic carbocycles. The number of rotatable bonds is 5. The average molecular weight is 530 g/mol. The molecule has 1 aliphatic heterocycles.